The third-order valence-corrected chi connectivity index (χ3v) is 2.25. The van der Waals surface area contributed by atoms with E-state index in [9.17, 15) is 9.59 Å². The summed E-state index contributed by atoms with van der Waals surface area (Å²) in [5, 5.41) is 8.63. The Morgan fingerprint density at radius 1 is 1.71 bits per heavy atom. The fourth-order valence-corrected chi connectivity index (χ4v) is 1.36. The molecule has 0 aromatic carbocycles. The number of nitrogens with zero attached hydrogens (tertiary/aromatic N) is 1. The lowest BCUT2D eigenvalue weighted by molar-refractivity contribution is -0.132. The van der Waals surface area contributed by atoms with Crippen molar-refractivity contribution in [3.63, 3.8) is 0 Å². The standard InChI is InChI=1S/C10H13NO3/c1-3-8-4-5-11(9(8)12)6-7(2)10(13)14/h3,6,8H,1,4-5H2,2H3,(H,13,14). The van der Waals surface area contributed by atoms with Crippen LogP contribution in [-0.2, 0) is 9.59 Å². The van der Waals surface area contributed by atoms with Crippen LogP contribution < -0.4 is 0 Å². The van der Waals surface area contributed by atoms with Gasteiger partial charge in [-0.2, -0.15) is 0 Å². The lowest BCUT2D eigenvalue weighted by Gasteiger charge is -2.10. The molecule has 1 rings (SSSR count). The largest absolute Gasteiger partial charge is 0.478 e. The van der Waals surface area contributed by atoms with Crippen LogP contribution >= 0.6 is 0 Å². The van der Waals surface area contributed by atoms with Crippen molar-refractivity contribution in [2.24, 2.45) is 5.92 Å². The minimum Gasteiger partial charge on any atom is -0.478 e. The third-order valence-electron chi connectivity index (χ3n) is 2.25. The Morgan fingerprint density at radius 2 is 2.36 bits per heavy atom. The topological polar surface area (TPSA) is 57.6 Å². The zero-order valence-electron chi connectivity index (χ0n) is 8.06. The van der Waals surface area contributed by atoms with E-state index in [1.807, 2.05) is 0 Å². The van der Waals surface area contributed by atoms with Crippen LogP contribution in [0.25, 0.3) is 0 Å². The zero-order valence-corrected chi connectivity index (χ0v) is 8.06. The van der Waals surface area contributed by atoms with Crippen LogP contribution in [0.4, 0.5) is 0 Å². The van der Waals surface area contributed by atoms with Crippen molar-refractivity contribution in [2.75, 3.05) is 6.54 Å². The Balaban J connectivity index is 2.74. The predicted octanol–water partition coefficient (Wildman–Crippen LogP) is 1.01. The lowest BCUT2D eigenvalue weighted by Crippen LogP contribution is -2.22. The van der Waals surface area contributed by atoms with Gasteiger partial charge in [-0.25, -0.2) is 4.79 Å². The Kier molecular flexibility index (Phi) is 3.06. The van der Waals surface area contributed by atoms with Gasteiger partial charge < -0.3 is 10.0 Å². The number of aliphatic carboxylic acids is 1. The van der Waals surface area contributed by atoms with Gasteiger partial charge in [0, 0.05) is 12.7 Å². The second kappa shape index (κ2) is 4.09. The molecule has 1 saturated heterocycles. The molecule has 1 aliphatic rings. The number of carbonyl (C=O) groups excluding carboxylic acids is 1. The van der Waals surface area contributed by atoms with Crippen LogP contribution in [0.5, 0.6) is 0 Å². The molecular weight excluding hydrogens is 182 g/mol. The Bertz CT molecular complexity index is 306. The highest BCUT2D eigenvalue weighted by atomic mass is 16.4. The van der Waals surface area contributed by atoms with E-state index in [0.29, 0.717) is 13.0 Å². The number of likely N-dealkylation sites (tertiary alicyclic amines) is 1. The highest BCUT2D eigenvalue weighted by Gasteiger charge is 2.28. The molecule has 1 amide bonds. The summed E-state index contributed by atoms with van der Waals surface area (Å²) in [5.74, 6) is -1.23. The first-order valence-electron chi connectivity index (χ1n) is 4.41. The van der Waals surface area contributed by atoms with Gasteiger partial charge in [0.15, 0.2) is 0 Å². The van der Waals surface area contributed by atoms with E-state index in [1.165, 1.54) is 18.0 Å². The minimum absolute atomic E-state index is 0.0689. The van der Waals surface area contributed by atoms with E-state index < -0.39 is 5.97 Å². The molecule has 0 bridgehead atoms. The van der Waals surface area contributed by atoms with E-state index >= 15 is 0 Å². The number of carbonyl (C=O) groups is 2. The molecule has 0 aromatic rings. The maximum atomic E-state index is 11.5. The van der Waals surface area contributed by atoms with Gasteiger partial charge in [-0.05, 0) is 13.3 Å². The second-order valence-corrected chi connectivity index (χ2v) is 3.28. The SMILES string of the molecule is C=CC1CCN(C=C(C)C(=O)O)C1=O. The number of hydrogen-bond donors (Lipinski definition) is 1. The van der Waals surface area contributed by atoms with Gasteiger partial charge in [0.05, 0.1) is 11.5 Å². The molecule has 0 saturated carbocycles. The van der Waals surface area contributed by atoms with Gasteiger partial charge >= 0.3 is 5.97 Å². The molecule has 1 aliphatic heterocycles. The second-order valence-electron chi connectivity index (χ2n) is 3.28. The van der Waals surface area contributed by atoms with E-state index in [-0.39, 0.29) is 17.4 Å². The van der Waals surface area contributed by atoms with Crippen molar-refractivity contribution in [2.45, 2.75) is 13.3 Å². The van der Waals surface area contributed by atoms with Gasteiger partial charge in [0.1, 0.15) is 0 Å². The van der Waals surface area contributed by atoms with E-state index in [4.69, 9.17) is 5.11 Å². The first kappa shape index (κ1) is 10.5. The molecule has 1 N–H and O–H groups in total. The summed E-state index contributed by atoms with van der Waals surface area (Å²) in [5.41, 5.74) is 0.170. The van der Waals surface area contributed by atoms with Crippen LogP contribution in [0.1, 0.15) is 13.3 Å². The van der Waals surface area contributed by atoms with E-state index in [2.05, 4.69) is 6.58 Å². The zero-order chi connectivity index (χ0) is 10.7. The lowest BCUT2D eigenvalue weighted by atomic mass is 10.1. The van der Waals surface area contributed by atoms with Crippen molar-refractivity contribution in [1.82, 2.24) is 4.90 Å². The van der Waals surface area contributed by atoms with Crippen molar-refractivity contribution < 1.29 is 14.7 Å². The number of amides is 1. The number of carboxylic acids is 1. The highest BCUT2D eigenvalue weighted by molar-refractivity contribution is 5.88. The number of hydrogen-bond acceptors (Lipinski definition) is 2. The molecule has 1 atom stereocenters. The summed E-state index contributed by atoms with van der Waals surface area (Å²) >= 11 is 0. The van der Waals surface area contributed by atoms with Crippen LogP contribution in [0.15, 0.2) is 24.4 Å². The molecule has 0 radical (unpaired) electrons. The van der Waals surface area contributed by atoms with E-state index in [0.717, 1.165) is 0 Å². The first-order valence-corrected chi connectivity index (χ1v) is 4.41. The molecule has 4 heteroatoms. The van der Waals surface area contributed by atoms with Gasteiger partial charge in [-0.1, -0.05) is 6.08 Å². The minimum atomic E-state index is -1.00. The summed E-state index contributed by atoms with van der Waals surface area (Å²) in [6.07, 6.45) is 3.70. The molecular formula is C10H13NO3. The summed E-state index contributed by atoms with van der Waals surface area (Å²) < 4.78 is 0. The number of carboxylic acid groups (broad SMARTS) is 1. The van der Waals surface area contributed by atoms with Gasteiger partial charge in [-0.15, -0.1) is 6.58 Å². The fraction of sp³-hybridized carbons (Fsp3) is 0.400. The monoisotopic (exact) mass is 195 g/mol. The van der Waals surface area contributed by atoms with Crippen molar-refractivity contribution >= 4 is 11.9 Å². The Labute approximate surface area is 82.5 Å². The molecule has 0 spiro atoms. The van der Waals surface area contributed by atoms with Gasteiger partial charge in [-0.3, -0.25) is 4.79 Å². The molecule has 0 aliphatic carbocycles. The summed E-state index contributed by atoms with van der Waals surface area (Å²) in [4.78, 5) is 23.5. The average Bonchev–Trinajstić information content (AvgIpc) is 2.47. The highest BCUT2D eigenvalue weighted by Crippen LogP contribution is 2.19. The maximum Gasteiger partial charge on any atom is 0.332 e. The summed E-state index contributed by atoms with van der Waals surface area (Å²) in [6.45, 7) is 5.60. The molecule has 1 unspecified atom stereocenters. The van der Waals surface area contributed by atoms with Crippen LogP contribution in [0.2, 0.25) is 0 Å². The number of rotatable bonds is 3. The summed E-state index contributed by atoms with van der Waals surface area (Å²) in [6, 6.07) is 0. The van der Waals surface area contributed by atoms with Gasteiger partial charge in [0.2, 0.25) is 5.91 Å². The van der Waals surface area contributed by atoms with Crippen molar-refractivity contribution in [3.8, 4) is 0 Å². The summed E-state index contributed by atoms with van der Waals surface area (Å²) in [7, 11) is 0. The smallest absolute Gasteiger partial charge is 0.332 e. The quantitative estimate of drug-likeness (QED) is 0.540. The van der Waals surface area contributed by atoms with Crippen molar-refractivity contribution in [1.29, 1.82) is 0 Å². The average molecular weight is 195 g/mol. The van der Waals surface area contributed by atoms with Crippen LogP contribution in [0.3, 0.4) is 0 Å². The normalized spacial score (nSPS) is 22.6. The predicted molar refractivity (Wildman–Crippen MR) is 51.4 cm³/mol. The van der Waals surface area contributed by atoms with Crippen molar-refractivity contribution in [3.05, 3.63) is 24.4 Å². The fourth-order valence-electron chi connectivity index (χ4n) is 1.36. The van der Waals surface area contributed by atoms with E-state index in [1.54, 1.807) is 6.08 Å². The molecule has 4 nitrogen and oxygen atoms in total. The molecule has 76 valence electrons. The van der Waals surface area contributed by atoms with Crippen LogP contribution in [0, 0.1) is 5.92 Å². The first-order chi connectivity index (χ1) is 6.56. The maximum absolute atomic E-state index is 11.5. The molecule has 1 heterocycles. The third kappa shape index (κ3) is 2.02. The molecule has 14 heavy (non-hydrogen) atoms. The Hall–Kier alpha value is -1.58. The molecule has 1 fully saturated rings. The molecule has 0 aromatic heterocycles. The van der Waals surface area contributed by atoms with Gasteiger partial charge in [0.25, 0.3) is 0 Å². The van der Waals surface area contributed by atoms with Crippen LogP contribution in [-0.4, -0.2) is 28.4 Å². The Morgan fingerprint density at radius 3 is 2.79 bits per heavy atom.